The second-order valence-corrected chi connectivity index (χ2v) is 2.12. The summed E-state index contributed by atoms with van der Waals surface area (Å²) in [7, 11) is 0. The molecule has 2 aliphatic heterocycles. The Morgan fingerprint density at radius 3 is 2.38 bits per heavy atom. The highest BCUT2D eigenvalue weighted by Crippen LogP contribution is 2.35. The van der Waals surface area contributed by atoms with Crippen molar-refractivity contribution in [3.63, 3.8) is 0 Å². The Morgan fingerprint density at radius 1 is 1.50 bits per heavy atom. The SMILES string of the molecule is O=C1OC2CC1C2=O. The van der Waals surface area contributed by atoms with Gasteiger partial charge in [-0.25, -0.2) is 0 Å². The fourth-order valence-corrected chi connectivity index (χ4v) is 1.05. The number of esters is 1. The summed E-state index contributed by atoms with van der Waals surface area (Å²) in [6, 6.07) is 0. The van der Waals surface area contributed by atoms with Crippen LogP contribution in [0.4, 0.5) is 0 Å². The number of rotatable bonds is 0. The second-order valence-electron chi connectivity index (χ2n) is 2.12. The molecule has 3 heteroatoms. The van der Waals surface area contributed by atoms with Crippen molar-refractivity contribution in [1.82, 2.24) is 0 Å². The van der Waals surface area contributed by atoms with Crippen molar-refractivity contribution in [3.05, 3.63) is 0 Å². The highest BCUT2D eigenvalue weighted by atomic mass is 16.6. The molecule has 0 aromatic rings. The zero-order valence-corrected chi connectivity index (χ0v) is 4.09. The molecule has 2 heterocycles. The highest BCUT2D eigenvalue weighted by Gasteiger charge is 2.54. The number of Topliss-reactive ketones (excluding diaryl/α,β-unsaturated/α-hetero) is 1. The van der Waals surface area contributed by atoms with Crippen molar-refractivity contribution in [1.29, 1.82) is 0 Å². The minimum atomic E-state index is -0.375. The molecule has 0 N–H and O–H groups in total. The topological polar surface area (TPSA) is 43.4 Å². The lowest BCUT2D eigenvalue weighted by Crippen LogP contribution is -2.34. The van der Waals surface area contributed by atoms with Gasteiger partial charge in [0.05, 0.1) is 0 Å². The van der Waals surface area contributed by atoms with Crippen LogP contribution in [0, 0.1) is 5.92 Å². The third-order valence-corrected chi connectivity index (χ3v) is 1.65. The van der Waals surface area contributed by atoms with E-state index in [0.717, 1.165) is 0 Å². The molecule has 2 atom stereocenters. The minimum Gasteiger partial charge on any atom is -0.454 e. The van der Waals surface area contributed by atoms with E-state index in [9.17, 15) is 9.59 Å². The standard InChI is InChI=1S/C5H4O3/c6-4-2-1-3(4)8-5(2)7/h2-3H,1H2. The van der Waals surface area contributed by atoms with E-state index in [1.165, 1.54) is 0 Å². The highest BCUT2D eigenvalue weighted by molar-refractivity contribution is 6.11. The molecular formula is C5H4O3. The largest absolute Gasteiger partial charge is 0.454 e. The van der Waals surface area contributed by atoms with Gasteiger partial charge < -0.3 is 4.74 Å². The zero-order chi connectivity index (χ0) is 5.72. The lowest BCUT2D eigenvalue weighted by Gasteiger charge is -2.13. The van der Waals surface area contributed by atoms with Gasteiger partial charge in [-0.05, 0) is 0 Å². The van der Waals surface area contributed by atoms with Gasteiger partial charge in [-0.3, -0.25) is 9.59 Å². The van der Waals surface area contributed by atoms with E-state index in [4.69, 9.17) is 0 Å². The number of ketones is 1. The van der Waals surface area contributed by atoms with Crippen molar-refractivity contribution >= 4 is 11.8 Å². The van der Waals surface area contributed by atoms with E-state index < -0.39 is 0 Å². The smallest absolute Gasteiger partial charge is 0.317 e. The van der Waals surface area contributed by atoms with Crippen LogP contribution in [0.15, 0.2) is 0 Å². The van der Waals surface area contributed by atoms with E-state index in [2.05, 4.69) is 4.74 Å². The van der Waals surface area contributed by atoms with Crippen LogP contribution in [0.2, 0.25) is 0 Å². The molecule has 2 bridgehead atoms. The summed E-state index contributed by atoms with van der Waals surface area (Å²) in [5.74, 6) is -0.713. The van der Waals surface area contributed by atoms with Gasteiger partial charge in [0.15, 0.2) is 11.9 Å². The minimum absolute atomic E-state index is 0.0185. The number of carbonyl (C=O) groups excluding carboxylic acids is 2. The van der Waals surface area contributed by atoms with Crippen molar-refractivity contribution in [2.45, 2.75) is 12.5 Å². The average molecular weight is 112 g/mol. The molecule has 3 nitrogen and oxygen atoms in total. The van der Waals surface area contributed by atoms with E-state index >= 15 is 0 Å². The molecule has 3 aliphatic rings. The normalized spacial score (nSPS) is 41.5. The van der Waals surface area contributed by atoms with E-state index in [-0.39, 0.29) is 23.8 Å². The number of fused-ring (bicyclic) bond motifs is 1. The Hall–Kier alpha value is -0.860. The number of carbonyl (C=O) groups is 2. The van der Waals surface area contributed by atoms with Gasteiger partial charge in [0, 0.05) is 6.42 Å². The van der Waals surface area contributed by atoms with E-state index in [1.807, 2.05) is 0 Å². The lowest BCUT2D eigenvalue weighted by atomic mass is 9.85. The van der Waals surface area contributed by atoms with Gasteiger partial charge in [0.25, 0.3) is 0 Å². The lowest BCUT2D eigenvalue weighted by molar-refractivity contribution is -0.138. The fourth-order valence-electron chi connectivity index (χ4n) is 1.05. The van der Waals surface area contributed by atoms with Crippen LogP contribution >= 0.6 is 0 Å². The molecule has 0 radical (unpaired) electrons. The number of hydrogen-bond acceptors (Lipinski definition) is 3. The molecular weight excluding hydrogens is 108 g/mol. The van der Waals surface area contributed by atoms with Gasteiger partial charge in [0.2, 0.25) is 0 Å². The fraction of sp³-hybridized carbons (Fsp3) is 0.600. The summed E-state index contributed by atoms with van der Waals surface area (Å²) < 4.78 is 4.56. The quantitative estimate of drug-likeness (QED) is 0.313. The molecule has 0 amide bonds. The van der Waals surface area contributed by atoms with Crippen LogP contribution in [0.1, 0.15) is 6.42 Å². The molecule has 3 rings (SSSR count). The van der Waals surface area contributed by atoms with Crippen LogP contribution in [0.5, 0.6) is 0 Å². The van der Waals surface area contributed by atoms with Gasteiger partial charge >= 0.3 is 5.97 Å². The Kier molecular flexibility index (Phi) is 0.477. The van der Waals surface area contributed by atoms with Crippen LogP contribution in [-0.4, -0.2) is 17.9 Å². The molecule has 0 spiro atoms. The summed E-state index contributed by atoms with van der Waals surface area (Å²) >= 11 is 0. The molecule has 1 aliphatic carbocycles. The summed E-state index contributed by atoms with van der Waals surface area (Å²) in [5.41, 5.74) is 0. The van der Waals surface area contributed by atoms with E-state index in [1.54, 1.807) is 0 Å². The molecule has 2 saturated heterocycles. The predicted octanol–water partition coefficient (Wildman–Crippen LogP) is -0.499. The molecule has 1 saturated carbocycles. The molecule has 3 fully saturated rings. The van der Waals surface area contributed by atoms with Gasteiger partial charge in [-0.1, -0.05) is 0 Å². The zero-order valence-electron chi connectivity index (χ0n) is 4.09. The first kappa shape index (κ1) is 4.06. The summed E-state index contributed by atoms with van der Waals surface area (Å²) in [6.07, 6.45) is 0.282. The van der Waals surface area contributed by atoms with Crippen molar-refractivity contribution < 1.29 is 14.3 Å². The number of ether oxygens (including phenoxy) is 1. The monoisotopic (exact) mass is 112 g/mol. The Bertz CT molecular complexity index is 165. The van der Waals surface area contributed by atoms with Crippen LogP contribution in [-0.2, 0) is 14.3 Å². The van der Waals surface area contributed by atoms with Gasteiger partial charge in [-0.15, -0.1) is 0 Å². The first-order valence-corrected chi connectivity index (χ1v) is 2.53. The van der Waals surface area contributed by atoms with Crippen molar-refractivity contribution in [2.75, 3.05) is 0 Å². The Labute approximate surface area is 45.6 Å². The van der Waals surface area contributed by atoms with Crippen LogP contribution in [0.25, 0.3) is 0 Å². The van der Waals surface area contributed by atoms with Crippen LogP contribution < -0.4 is 0 Å². The molecule has 42 valence electrons. The van der Waals surface area contributed by atoms with E-state index in [0.29, 0.717) is 6.42 Å². The first-order valence-electron chi connectivity index (χ1n) is 2.53. The maximum atomic E-state index is 10.5. The Balaban J connectivity index is 2.36. The third kappa shape index (κ3) is 0.240. The maximum Gasteiger partial charge on any atom is 0.317 e. The molecule has 0 aromatic carbocycles. The maximum absolute atomic E-state index is 10.5. The molecule has 2 unspecified atom stereocenters. The predicted molar refractivity (Wildman–Crippen MR) is 23.0 cm³/mol. The molecule has 0 aromatic heterocycles. The summed E-state index contributed by atoms with van der Waals surface area (Å²) in [6.45, 7) is 0. The van der Waals surface area contributed by atoms with Crippen molar-refractivity contribution in [2.24, 2.45) is 5.92 Å². The Morgan fingerprint density at radius 2 is 2.25 bits per heavy atom. The van der Waals surface area contributed by atoms with Gasteiger partial charge in [0.1, 0.15) is 5.92 Å². The number of hydrogen-bond donors (Lipinski definition) is 0. The van der Waals surface area contributed by atoms with Crippen LogP contribution in [0.3, 0.4) is 0 Å². The first-order chi connectivity index (χ1) is 3.79. The average Bonchev–Trinajstić information content (AvgIpc) is 2.19. The summed E-state index contributed by atoms with van der Waals surface area (Å²) in [4.78, 5) is 20.9. The summed E-state index contributed by atoms with van der Waals surface area (Å²) in [5, 5.41) is 0. The van der Waals surface area contributed by atoms with Gasteiger partial charge in [-0.2, -0.15) is 0 Å². The van der Waals surface area contributed by atoms with Crippen molar-refractivity contribution in [3.8, 4) is 0 Å². The second kappa shape index (κ2) is 0.940. The third-order valence-electron chi connectivity index (χ3n) is 1.65. The molecule has 8 heavy (non-hydrogen) atoms.